The van der Waals surface area contributed by atoms with Crippen LogP contribution in [0, 0.1) is 0 Å². The summed E-state index contributed by atoms with van der Waals surface area (Å²) in [5, 5.41) is 20.3. The molecular weight excluding hydrogens is 570 g/mol. The third kappa shape index (κ3) is 4.60. The van der Waals surface area contributed by atoms with Gasteiger partial charge in [-0.15, -0.1) is 0 Å². The molecule has 44 heavy (non-hydrogen) atoms. The van der Waals surface area contributed by atoms with Gasteiger partial charge in [0.15, 0.2) is 0 Å². The lowest BCUT2D eigenvalue weighted by atomic mass is 9.74. The number of fused-ring (bicyclic) bond motifs is 5. The molecule has 6 atom stereocenters. The summed E-state index contributed by atoms with van der Waals surface area (Å²) in [6.07, 6.45) is 8.07. The van der Waals surface area contributed by atoms with Crippen molar-refractivity contribution >= 4 is 23.4 Å². The Labute approximate surface area is 254 Å². The van der Waals surface area contributed by atoms with Crippen molar-refractivity contribution in [2.45, 2.75) is 75.8 Å². The van der Waals surface area contributed by atoms with Crippen molar-refractivity contribution in [2.24, 2.45) is 5.73 Å². The van der Waals surface area contributed by atoms with Gasteiger partial charge in [0.1, 0.15) is 41.8 Å². The molecule has 1 saturated carbocycles. The largest absolute Gasteiger partial charge is 0.496 e. The highest BCUT2D eigenvalue weighted by Crippen LogP contribution is 2.57. The van der Waals surface area contributed by atoms with E-state index in [0.29, 0.717) is 54.0 Å². The van der Waals surface area contributed by atoms with E-state index in [1.807, 2.05) is 28.7 Å². The fraction of sp³-hybridized carbons (Fsp3) is 0.500. The fourth-order valence-corrected chi connectivity index (χ4v) is 7.09. The Bertz CT molecular complexity index is 1570. The van der Waals surface area contributed by atoms with Crippen LogP contribution >= 0.6 is 0 Å². The molecule has 0 spiro atoms. The van der Waals surface area contributed by atoms with E-state index >= 15 is 0 Å². The summed E-state index contributed by atoms with van der Waals surface area (Å²) in [7, 11) is 1.61. The molecule has 0 bridgehead atoms. The number of hydrogen-bond donors (Lipinski definition) is 5. The van der Waals surface area contributed by atoms with Crippen molar-refractivity contribution < 1.29 is 33.6 Å². The summed E-state index contributed by atoms with van der Waals surface area (Å²) >= 11 is 0. The number of allylic oxidation sites excluding steroid dienone is 3. The van der Waals surface area contributed by atoms with Crippen molar-refractivity contribution in [1.82, 2.24) is 25.5 Å². The van der Waals surface area contributed by atoms with Crippen LogP contribution in [-0.4, -0.2) is 77.1 Å². The number of aromatic nitrogens is 2. The summed E-state index contributed by atoms with van der Waals surface area (Å²) in [5.41, 5.74) is 7.30. The number of amides is 1. The van der Waals surface area contributed by atoms with Crippen LogP contribution in [0.15, 0.2) is 36.4 Å². The molecule has 5 aliphatic rings. The van der Waals surface area contributed by atoms with E-state index in [-0.39, 0.29) is 30.4 Å². The van der Waals surface area contributed by atoms with Crippen LogP contribution in [0.4, 0.5) is 5.95 Å². The number of benzene rings is 1. The van der Waals surface area contributed by atoms with E-state index in [1.165, 1.54) is 0 Å². The zero-order chi connectivity index (χ0) is 30.7. The van der Waals surface area contributed by atoms with Gasteiger partial charge in [0, 0.05) is 36.5 Å². The predicted molar refractivity (Wildman–Crippen MR) is 157 cm³/mol. The highest BCUT2D eigenvalue weighted by atomic mass is 16.6. The number of nitrogens with two attached hydrogens (primary N) is 1. The summed E-state index contributed by atoms with van der Waals surface area (Å²) in [5.74, 6) is 1.45. The maximum atomic E-state index is 12.9. The molecule has 2 aromatic rings. The number of ether oxygens (including phenoxy) is 4. The molecule has 2 saturated heterocycles. The molecule has 6 unspecified atom stereocenters. The van der Waals surface area contributed by atoms with E-state index in [2.05, 4.69) is 20.9 Å². The van der Waals surface area contributed by atoms with Gasteiger partial charge in [-0.3, -0.25) is 21.2 Å². The number of esters is 1. The van der Waals surface area contributed by atoms with Gasteiger partial charge in [-0.1, -0.05) is 6.08 Å². The molecular formula is C30H37N7O7. The van der Waals surface area contributed by atoms with Crippen LogP contribution in [0.25, 0.3) is 5.57 Å². The maximum Gasteiger partial charge on any atom is 0.374 e. The van der Waals surface area contributed by atoms with Crippen LogP contribution in [0.5, 0.6) is 17.2 Å². The molecule has 1 amide bonds. The summed E-state index contributed by atoms with van der Waals surface area (Å²) in [6.45, 7) is 4.51. The first-order valence-corrected chi connectivity index (χ1v) is 14.9. The summed E-state index contributed by atoms with van der Waals surface area (Å²) in [6, 6.07) is 1.30. The van der Waals surface area contributed by atoms with Crippen LogP contribution in [0.3, 0.4) is 0 Å². The first-order valence-electron chi connectivity index (χ1n) is 14.9. The third-order valence-electron chi connectivity index (χ3n) is 9.04. The molecule has 6 N–H and O–H groups in total. The number of anilines is 1. The van der Waals surface area contributed by atoms with E-state index < -0.39 is 30.0 Å². The molecule has 5 heterocycles. The average Bonchev–Trinajstić information content (AvgIpc) is 3.72. The minimum Gasteiger partial charge on any atom is -0.496 e. The zero-order valence-corrected chi connectivity index (χ0v) is 24.8. The lowest BCUT2D eigenvalue weighted by Crippen LogP contribution is -2.70. The molecule has 1 aromatic heterocycles. The second kappa shape index (κ2) is 10.8. The Balaban J connectivity index is 1.27. The Morgan fingerprint density at radius 2 is 2.20 bits per heavy atom. The van der Waals surface area contributed by atoms with Gasteiger partial charge < -0.3 is 38.8 Å². The molecule has 14 heteroatoms. The van der Waals surface area contributed by atoms with Crippen molar-refractivity contribution in [3.63, 3.8) is 0 Å². The third-order valence-corrected chi connectivity index (χ3v) is 9.04. The SMILES string of the molecule is CCOC(=O)C1=CC(=CCn2ccnc2N2CNC3C(=O)NC(N)NC32)c2c(cc3c(c2OC)C2CCCC(C)(O)C2O3)O1. The number of methoxy groups -OCH3 is 1. The van der Waals surface area contributed by atoms with E-state index in [1.54, 1.807) is 32.4 Å². The number of carbonyl (C=O) groups excluding carboxylic acids is 2. The Morgan fingerprint density at radius 1 is 1.36 bits per heavy atom. The van der Waals surface area contributed by atoms with Crippen LogP contribution in [0.2, 0.25) is 0 Å². The highest BCUT2D eigenvalue weighted by Gasteiger charge is 2.51. The molecule has 7 rings (SSSR count). The maximum absolute atomic E-state index is 12.9. The molecule has 4 aliphatic heterocycles. The van der Waals surface area contributed by atoms with Gasteiger partial charge in [0.2, 0.25) is 17.6 Å². The number of hydrogen-bond acceptors (Lipinski definition) is 12. The molecule has 0 radical (unpaired) electrons. The Kier molecular flexibility index (Phi) is 7.03. The molecule has 1 aromatic carbocycles. The standard InChI is InChI=1S/C30H37N7O7/c1-4-42-27(39)19-12-15(7-10-36-11-9-32-29(36)37-14-33-22-25(37)34-28(31)35-26(22)38)20-17(43-19)13-18-21(23(20)41-3)16-6-5-8-30(2,40)24(16)44-18/h7,9,11-13,16,22,24-25,28,33-34,40H,4-6,8,10,14,31H2,1-3H3,(H,35,38). The number of carbonyl (C=O) groups is 2. The van der Waals surface area contributed by atoms with Crippen molar-refractivity contribution in [3.8, 4) is 17.2 Å². The number of nitrogens with zero attached hydrogens (tertiary/aromatic N) is 3. The first-order chi connectivity index (χ1) is 21.2. The minimum atomic E-state index is -0.986. The van der Waals surface area contributed by atoms with Gasteiger partial charge >= 0.3 is 5.97 Å². The van der Waals surface area contributed by atoms with Crippen LogP contribution in [0.1, 0.15) is 50.2 Å². The summed E-state index contributed by atoms with van der Waals surface area (Å²) in [4.78, 5) is 31.9. The van der Waals surface area contributed by atoms with Crippen molar-refractivity contribution in [2.75, 3.05) is 25.3 Å². The molecule has 14 nitrogen and oxygen atoms in total. The topological polar surface area (TPSA) is 174 Å². The normalized spacial score (nSPS) is 31.2. The van der Waals surface area contributed by atoms with Gasteiger partial charge in [-0.2, -0.15) is 0 Å². The monoisotopic (exact) mass is 607 g/mol. The molecule has 3 fully saturated rings. The Hall–Kier alpha value is -4.11. The van der Waals surface area contributed by atoms with E-state index in [4.69, 9.17) is 24.7 Å². The molecule has 234 valence electrons. The number of imidazole rings is 1. The average molecular weight is 608 g/mol. The lowest BCUT2D eigenvalue weighted by Gasteiger charge is -2.37. The predicted octanol–water partition coefficient (Wildman–Crippen LogP) is 0.618. The highest BCUT2D eigenvalue weighted by molar-refractivity contribution is 5.96. The quantitative estimate of drug-likeness (QED) is 0.290. The second-order valence-corrected chi connectivity index (χ2v) is 11.9. The zero-order valence-electron chi connectivity index (χ0n) is 24.8. The number of aliphatic hydroxyl groups is 1. The van der Waals surface area contributed by atoms with E-state index in [9.17, 15) is 14.7 Å². The van der Waals surface area contributed by atoms with Crippen molar-refractivity contribution in [1.29, 1.82) is 0 Å². The molecule has 1 aliphatic carbocycles. The first kappa shape index (κ1) is 28.6. The van der Waals surface area contributed by atoms with Crippen LogP contribution in [-0.2, 0) is 20.9 Å². The second-order valence-electron chi connectivity index (χ2n) is 11.9. The van der Waals surface area contributed by atoms with Gasteiger partial charge in [-0.05, 0) is 44.8 Å². The van der Waals surface area contributed by atoms with Gasteiger partial charge in [0.25, 0.3) is 0 Å². The van der Waals surface area contributed by atoms with Gasteiger partial charge in [-0.25, -0.2) is 9.78 Å². The number of nitrogens with one attached hydrogen (secondary N) is 3. The van der Waals surface area contributed by atoms with E-state index in [0.717, 1.165) is 18.4 Å². The fourth-order valence-electron chi connectivity index (χ4n) is 7.09. The summed E-state index contributed by atoms with van der Waals surface area (Å²) < 4.78 is 25.7. The van der Waals surface area contributed by atoms with Crippen LogP contribution < -0.4 is 40.8 Å². The minimum absolute atomic E-state index is 0.0406. The lowest BCUT2D eigenvalue weighted by molar-refractivity contribution is -0.141. The Morgan fingerprint density at radius 3 is 3.00 bits per heavy atom. The van der Waals surface area contributed by atoms with Crippen molar-refractivity contribution in [3.05, 3.63) is 47.5 Å². The van der Waals surface area contributed by atoms with Gasteiger partial charge in [0.05, 0.1) is 31.5 Å². The smallest absolute Gasteiger partial charge is 0.374 e. The number of rotatable bonds is 6.